The molecule has 0 saturated heterocycles. The van der Waals surface area contributed by atoms with Crippen molar-refractivity contribution in [3.05, 3.63) is 69.0 Å². The van der Waals surface area contributed by atoms with Crippen LogP contribution in [0.25, 0.3) is 32.6 Å². The fourth-order valence-electron chi connectivity index (χ4n) is 2.67. The summed E-state index contributed by atoms with van der Waals surface area (Å²) in [7, 11) is 0. The minimum Gasteiger partial charge on any atom is -0.216 e. The molecule has 0 atom stereocenters. The fourth-order valence-corrected chi connectivity index (χ4v) is 4.71. The molecule has 3 aromatic heterocycles. The molecular formula is C18H10BrIN6S. The quantitative estimate of drug-likeness (QED) is 0.295. The Morgan fingerprint density at radius 3 is 2.48 bits per heavy atom. The molecule has 0 fully saturated rings. The molecule has 5 rings (SSSR count). The highest BCUT2D eigenvalue weighted by Gasteiger charge is 2.18. The van der Waals surface area contributed by atoms with Crippen LogP contribution in [0.5, 0.6) is 0 Å². The van der Waals surface area contributed by atoms with Crippen molar-refractivity contribution >= 4 is 54.8 Å². The number of hydrogen-bond donors (Lipinski definition) is 0. The summed E-state index contributed by atoms with van der Waals surface area (Å²) in [5, 5.41) is 14.4. The molecule has 9 heteroatoms. The summed E-state index contributed by atoms with van der Waals surface area (Å²) in [4.78, 5) is 7.20. The van der Waals surface area contributed by atoms with Crippen molar-refractivity contribution in [3.8, 4) is 27.6 Å². The lowest BCUT2D eigenvalue weighted by Crippen LogP contribution is -1.98. The van der Waals surface area contributed by atoms with E-state index in [1.165, 1.54) is 11.3 Å². The number of nitrogens with zero attached hydrogens (tertiary/aromatic N) is 6. The number of aromatic nitrogens is 6. The predicted molar refractivity (Wildman–Crippen MR) is 117 cm³/mol. The third kappa shape index (κ3) is 3.09. The van der Waals surface area contributed by atoms with E-state index < -0.39 is 0 Å². The van der Waals surface area contributed by atoms with Crippen LogP contribution in [0.3, 0.4) is 0 Å². The summed E-state index contributed by atoms with van der Waals surface area (Å²) >= 11 is 7.23. The zero-order valence-corrected chi connectivity index (χ0v) is 18.2. The highest BCUT2D eigenvalue weighted by Crippen LogP contribution is 2.31. The monoisotopic (exact) mass is 548 g/mol. The number of fused-ring (bicyclic) bond motifs is 1. The van der Waals surface area contributed by atoms with Gasteiger partial charge in [0.25, 0.3) is 0 Å². The van der Waals surface area contributed by atoms with Crippen LogP contribution in [0, 0.1) is 3.70 Å². The van der Waals surface area contributed by atoms with Crippen LogP contribution in [0.15, 0.2) is 65.3 Å². The van der Waals surface area contributed by atoms with E-state index in [1.54, 1.807) is 11.0 Å². The van der Waals surface area contributed by atoms with Crippen molar-refractivity contribution < 1.29 is 0 Å². The highest BCUT2D eigenvalue weighted by molar-refractivity contribution is 14.1. The first kappa shape index (κ1) is 17.0. The first-order valence-electron chi connectivity index (χ1n) is 7.98. The third-order valence-corrected chi connectivity index (χ3v) is 6.39. The Kier molecular flexibility index (Phi) is 4.29. The smallest absolute Gasteiger partial charge is 0.214 e. The summed E-state index contributed by atoms with van der Waals surface area (Å²) in [5.74, 6) is 0. The minimum atomic E-state index is 0.727. The molecule has 132 valence electrons. The van der Waals surface area contributed by atoms with E-state index in [9.17, 15) is 0 Å². The van der Waals surface area contributed by atoms with Crippen molar-refractivity contribution in [2.24, 2.45) is 0 Å². The lowest BCUT2D eigenvalue weighted by molar-refractivity contribution is 0.753. The molecule has 0 aliphatic heterocycles. The van der Waals surface area contributed by atoms with Gasteiger partial charge in [0, 0.05) is 10.0 Å². The Balaban J connectivity index is 1.52. The Hall–Kier alpha value is -2.11. The minimum absolute atomic E-state index is 0.727. The zero-order chi connectivity index (χ0) is 18.4. The van der Waals surface area contributed by atoms with Gasteiger partial charge in [-0.2, -0.15) is 19.5 Å². The molecule has 0 unspecified atom stereocenters. The lowest BCUT2D eigenvalue weighted by Gasteiger charge is -1.98. The van der Waals surface area contributed by atoms with Gasteiger partial charge in [-0.1, -0.05) is 57.6 Å². The van der Waals surface area contributed by atoms with Gasteiger partial charge < -0.3 is 0 Å². The summed E-state index contributed by atoms with van der Waals surface area (Å²) < 4.78 is 3.86. The van der Waals surface area contributed by atoms with Crippen LogP contribution in [0.2, 0.25) is 0 Å². The van der Waals surface area contributed by atoms with Crippen LogP contribution in [-0.2, 0) is 0 Å². The molecule has 2 aromatic carbocycles. The van der Waals surface area contributed by atoms with E-state index in [-0.39, 0.29) is 0 Å². The van der Waals surface area contributed by atoms with E-state index in [2.05, 4.69) is 60.9 Å². The normalized spacial score (nSPS) is 11.3. The Morgan fingerprint density at radius 2 is 1.74 bits per heavy atom. The van der Waals surface area contributed by atoms with Crippen LogP contribution in [-0.4, -0.2) is 29.6 Å². The van der Waals surface area contributed by atoms with Crippen LogP contribution in [0.1, 0.15) is 0 Å². The first-order valence-corrected chi connectivity index (χ1v) is 10.7. The summed E-state index contributed by atoms with van der Waals surface area (Å²) in [6.45, 7) is 0. The largest absolute Gasteiger partial charge is 0.216 e. The molecule has 0 amide bonds. The molecule has 0 aliphatic carbocycles. The second-order valence-electron chi connectivity index (χ2n) is 5.71. The van der Waals surface area contributed by atoms with Gasteiger partial charge in [0.2, 0.25) is 4.96 Å². The van der Waals surface area contributed by atoms with Gasteiger partial charge in [-0.15, -0.1) is 5.10 Å². The van der Waals surface area contributed by atoms with Gasteiger partial charge >= 0.3 is 0 Å². The number of halogens is 2. The lowest BCUT2D eigenvalue weighted by atomic mass is 10.2. The summed E-state index contributed by atoms with van der Waals surface area (Å²) in [6.07, 6.45) is 1.73. The van der Waals surface area contributed by atoms with Gasteiger partial charge in [0.1, 0.15) is 15.1 Å². The molecule has 0 aliphatic rings. The Labute approximate surface area is 180 Å². The predicted octanol–water partition coefficient (Wildman–Crippen LogP) is 5.07. The van der Waals surface area contributed by atoms with E-state index in [1.807, 2.05) is 47.0 Å². The third-order valence-electron chi connectivity index (χ3n) is 3.96. The van der Waals surface area contributed by atoms with Crippen LogP contribution in [0.4, 0.5) is 0 Å². The molecule has 0 spiro atoms. The first-order chi connectivity index (χ1) is 13.2. The van der Waals surface area contributed by atoms with Gasteiger partial charge in [-0.05, 0) is 46.9 Å². The maximum atomic E-state index is 4.75. The van der Waals surface area contributed by atoms with Crippen molar-refractivity contribution in [2.75, 3.05) is 0 Å². The summed E-state index contributed by atoms with van der Waals surface area (Å²) in [6, 6.07) is 18.0. The topological polar surface area (TPSA) is 60.9 Å². The number of imidazole rings is 1. The van der Waals surface area contributed by atoms with Gasteiger partial charge in [0.15, 0.2) is 5.01 Å². The molecular weight excluding hydrogens is 539 g/mol. The fraction of sp³-hybridized carbons (Fsp3) is 0. The van der Waals surface area contributed by atoms with E-state index in [4.69, 9.17) is 10.1 Å². The molecule has 5 aromatic rings. The average molecular weight is 549 g/mol. The summed E-state index contributed by atoms with van der Waals surface area (Å²) in [5.41, 5.74) is 3.65. The van der Waals surface area contributed by atoms with Gasteiger partial charge in [-0.3, -0.25) is 0 Å². The van der Waals surface area contributed by atoms with Crippen molar-refractivity contribution in [1.82, 2.24) is 29.6 Å². The van der Waals surface area contributed by atoms with Gasteiger partial charge in [-0.25, -0.2) is 4.98 Å². The number of benzene rings is 2. The maximum absolute atomic E-state index is 4.75. The molecule has 0 N–H and O–H groups in total. The van der Waals surface area contributed by atoms with E-state index in [0.29, 0.717) is 0 Å². The van der Waals surface area contributed by atoms with E-state index >= 15 is 0 Å². The molecule has 0 bridgehead atoms. The molecule has 0 saturated carbocycles. The Bertz CT molecular complexity index is 1240. The van der Waals surface area contributed by atoms with Gasteiger partial charge in [0.05, 0.1) is 11.9 Å². The average Bonchev–Trinajstić information content (AvgIpc) is 3.39. The van der Waals surface area contributed by atoms with Crippen molar-refractivity contribution in [2.45, 2.75) is 0 Å². The highest BCUT2D eigenvalue weighted by atomic mass is 127. The Morgan fingerprint density at radius 1 is 0.963 bits per heavy atom. The second-order valence-corrected chi connectivity index (χ2v) is 8.61. The number of rotatable bonds is 3. The van der Waals surface area contributed by atoms with E-state index in [0.717, 1.165) is 40.8 Å². The maximum Gasteiger partial charge on any atom is 0.214 e. The van der Waals surface area contributed by atoms with Crippen molar-refractivity contribution in [3.63, 3.8) is 0 Å². The number of hydrogen-bond acceptors (Lipinski definition) is 5. The zero-order valence-electron chi connectivity index (χ0n) is 13.6. The molecule has 3 heterocycles. The standard InChI is InChI=1S/C18H10BrIN6S/c19-12-6-8-13(9-7-12)26-21-10-14(23-26)17-24-25-16(20)15(22-18(25)27-17)11-4-2-1-3-5-11/h1-10H. The molecule has 6 nitrogen and oxygen atoms in total. The SMILES string of the molecule is Brc1ccc(-n2ncc(-c3nn4c(I)c(-c5ccccc5)nc4s3)n2)cc1. The second kappa shape index (κ2) is 6.80. The van der Waals surface area contributed by atoms with Crippen LogP contribution >= 0.6 is 49.9 Å². The van der Waals surface area contributed by atoms with Crippen molar-refractivity contribution in [1.29, 1.82) is 0 Å². The van der Waals surface area contributed by atoms with Crippen LogP contribution < -0.4 is 0 Å². The molecule has 27 heavy (non-hydrogen) atoms. The molecule has 0 radical (unpaired) electrons.